The Balaban J connectivity index is 1.61. The van der Waals surface area contributed by atoms with Gasteiger partial charge in [-0.25, -0.2) is 9.69 Å². The molecule has 1 aliphatic heterocycles. The minimum absolute atomic E-state index is 0.0788. The summed E-state index contributed by atoms with van der Waals surface area (Å²) >= 11 is 0. The van der Waals surface area contributed by atoms with Crippen molar-refractivity contribution in [2.45, 2.75) is 19.8 Å². The van der Waals surface area contributed by atoms with Gasteiger partial charge in [-0.15, -0.1) is 0 Å². The van der Waals surface area contributed by atoms with Crippen LogP contribution in [0.25, 0.3) is 0 Å². The van der Waals surface area contributed by atoms with E-state index in [4.69, 9.17) is 5.11 Å². The van der Waals surface area contributed by atoms with E-state index in [1.165, 1.54) is 17.0 Å². The Morgan fingerprint density at radius 1 is 1.25 bits per heavy atom. The molecule has 0 aromatic heterocycles. The summed E-state index contributed by atoms with van der Waals surface area (Å²) in [5.74, 6) is -1.45. The minimum Gasteiger partial charge on any atom is -0.478 e. The fraction of sp³-hybridized carbons (Fsp3) is 0.421. The van der Waals surface area contributed by atoms with Crippen LogP contribution in [0.1, 0.15) is 30.1 Å². The number of benzene rings is 1. The summed E-state index contributed by atoms with van der Waals surface area (Å²) in [4.78, 5) is 38.8. The third-order valence-electron chi connectivity index (χ3n) is 6.77. The number of amides is 2. The first-order valence-corrected chi connectivity index (χ1v) is 8.31. The number of imide groups is 1. The first-order valence-electron chi connectivity index (χ1n) is 8.31. The van der Waals surface area contributed by atoms with E-state index in [0.29, 0.717) is 5.69 Å². The van der Waals surface area contributed by atoms with E-state index in [1.807, 2.05) is 6.92 Å². The van der Waals surface area contributed by atoms with Crippen LogP contribution in [-0.4, -0.2) is 22.9 Å². The van der Waals surface area contributed by atoms with Gasteiger partial charge in [-0.2, -0.15) is 0 Å². The number of fused-ring (bicyclic) bond motifs is 3. The van der Waals surface area contributed by atoms with Gasteiger partial charge in [-0.05, 0) is 55.2 Å². The largest absolute Gasteiger partial charge is 0.478 e. The maximum absolute atomic E-state index is 13.2. The lowest BCUT2D eigenvalue weighted by molar-refractivity contribution is -0.127. The number of carboxylic acids is 1. The molecule has 5 rings (SSSR count). The van der Waals surface area contributed by atoms with Gasteiger partial charge in [0.2, 0.25) is 11.8 Å². The lowest BCUT2D eigenvalue weighted by Crippen LogP contribution is -2.39. The molecule has 4 unspecified atom stereocenters. The van der Waals surface area contributed by atoms with Gasteiger partial charge in [0, 0.05) is 0 Å². The molecule has 4 aliphatic rings. The van der Waals surface area contributed by atoms with Crippen LogP contribution in [0.2, 0.25) is 0 Å². The Morgan fingerprint density at radius 2 is 2.00 bits per heavy atom. The highest BCUT2D eigenvalue weighted by atomic mass is 16.4. The van der Waals surface area contributed by atoms with Gasteiger partial charge < -0.3 is 5.11 Å². The molecule has 0 radical (unpaired) electrons. The first-order chi connectivity index (χ1) is 11.4. The number of carbonyl (C=O) groups excluding carboxylic acids is 2. The van der Waals surface area contributed by atoms with Gasteiger partial charge in [-0.1, -0.05) is 18.2 Å². The molecule has 3 aliphatic carbocycles. The molecule has 1 aromatic carbocycles. The number of hydrogen-bond acceptors (Lipinski definition) is 3. The summed E-state index contributed by atoms with van der Waals surface area (Å²) in [7, 11) is 0. The molecule has 24 heavy (non-hydrogen) atoms. The van der Waals surface area contributed by atoms with Gasteiger partial charge in [0.1, 0.15) is 0 Å². The Bertz CT molecular complexity index is 853. The number of carbonyl (C=O) groups is 3. The average molecular weight is 323 g/mol. The third-order valence-corrected chi connectivity index (χ3v) is 6.77. The third kappa shape index (κ3) is 1.32. The van der Waals surface area contributed by atoms with Crippen molar-refractivity contribution in [3.63, 3.8) is 0 Å². The Kier molecular flexibility index (Phi) is 2.31. The van der Waals surface area contributed by atoms with E-state index in [-0.39, 0.29) is 40.5 Å². The molecular formula is C19H17NO4. The number of allylic oxidation sites excluding steroid dienone is 2. The monoisotopic (exact) mass is 323 g/mol. The Morgan fingerprint density at radius 3 is 2.62 bits per heavy atom. The normalized spacial score (nSPS) is 37.4. The summed E-state index contributed by atoms with van der Waals surface area (Å²) < 4.78 is 0. The topological polar surface area (TPSA) is 74.7 Å². The predicted molar refractivity (Wildman–Crippen MR) is 85.3 cm³/mol. The van der Waals surface area contributed by atoms with E-state index >= 15 is 0 Å². The lowest BCUT2D eigenvalue weighted by atomic mass is 9.71. The van der Waals surface area contributed by atoms with Crippen LogP contribution in [0.3, 0.4) is 0 Å². The number of anilines is 1. The quantitative estimate of drug-likeness (QED) is 0.670. The number of nitrogens with zero attached hydrogens (tertiary/aromatic N) is 1. The summed E-state index contributed by atoms with van der Waals surface area (Å²) in [5, 5.41) is 9.17. The van der Waals surface area contributed by atoms with Crippen LogP contribution in [0, 0.1) is 28.6 Å². The zero-order valence-corrected chi connectivity index (χ0v) is 13.2. The van der Waals surface area contributed by atoms with Crippen molar-refractivity contribution in [2.75, 3.05) is 4.90 Å². The molecule has 1 N–H and O–H groups in total. The van der Waals surface area contributed by atoms with Crippen molar-refractivity contribution in [2.24, 2.45) is 28.6 Å². The molecular weight excluding hydrogens is 306 g/mol. The fourth-order valence-electron chi connectivity index (χ4n) is 5.60. The van der Waals surface area contributed by atoms with Crippen LogP contribution in [0.4, 0.5) is 5.69 Å². The van der Waals surface area contributed by atoms with Crippen molar-refractivity contribution in [3.8, 4) is 0 Å². The van der Waals surface area contributed by atoms with Gasteiger partial charge in [0.05, 0.1) is 22.6 Å². The van der Waals surface area contributed by atoms with E-state index in [1.54, 1.807) is 12.1 Å². The maximum Gasteiger partial charge on any atom is 0.335 e. The summed E-state index contributed by atoms with van der Waals surface area (Å²) in [6.45, 7) is 1.92. The van der Waals surface area contributed by atoms with Crippen LogP contribution in [0.5, 0.6) is 0 Å². The van der Waals surface area contributed by atoms with Crippen molar-refractivity contribution in [1.82, 2.24) is 0 Å². The molecule has 1 spiro atoms. The molecule has 3 fully saturated rings. The highest BCUT2D eigenvalue weighted by Crippen LogP contribution is 2.77. The van der Waals surface area contributed by atoms with Crippen LogP contribution in [-0.2, 0) is 9.59 Å². The second kappa shape index (κ2) is 3.97. The first kappa shape index (κ1) is 14.0. The van der Waals surface area contributed by atoms with Crippen molar-refractivity contribution < 1.29 is 19.5 Å². The molecule has 1 saturated heterocycles. The molecule has 2 bridgehead atoms. The van der Waals surface area contributed by atoms with Crippen molar-refractivity contribution in [3.05, 3.63) is 42.0 Å². The molecule has 5 heteroatoms. The molecule has 1 aromatic rings. The highest BCUT2D eigenvalue weighted by molar-refractivity contribution is 6.24. The van der Waals surface area contributed by atoms with Crippen molar-refractivity contribution in [1.29, 1.82) is 0 Å². The number of hydrogen-bond donors (Lipinski definition) is 1. The van der Waals surface area contributed by atoms with Crippen molar-refractivity contribution >= 4 is 23.5 Å². The van der Waals surface area contributed by atoms with Gasteiger partial charge >= 0.3 is 5.97 Å². The second-order valence-electron chi connectivity index (χ2n) is 7.72. The molecule has 5 nitrogen and oxygen atoms in total. The average Bonchev–Trinajstić information content (AvgIpc) is 3.17. The van der Waals surface area contributed by atoms with E-state index in [9.17, 15) is 14.4 Å². The van der Waals surface area contributed by atoms with Gasteiger partial charge in [0.25, 0.3) is 0 Å². The number of carboxylic acid groups (broad SMARTS) is 1. The molecule has 4 atom stereocenters. The standard InChI is InChI=1S/C19H17NO4/c1-18-13-6-5-12(19(13)7-8-19)14(18)15(21)20(17(18)24)11-4-2-3-10(9-11)16(22)23/h2-6,9,12-14H,7-8H2,1H3,(H,22,23). The van der Waals surface area contributed by atoms with E-state index in [2.05, 4.69) is 12.2 Å². The van der Waals surface area contributed by atoms with Gasteiger partial charge in [-0.3, -0.25) is 9.59 Å². The second-order valence-corrected chi connectivity index (χ2v) is 7.72. The lowest BCUT2D eigenvalue weighted by Gasteiger charge is -2.29. The van der Waals surface area contributed by atoms with Crippen LogP contribution >= 0.6 is 0 Å². The SMILES string of the molecule is CC12C(=O)N(c3cccc(C(=O)O)c3)C(=O)C1C1C=CC2C12CC2. The highest BCUT2D eigenvalue weighted by Gasteiger charge is 2.78. The predicted octanol–water partition coefficient (Wildman–Crippen LogP) is 2.48. The smallest absolute Gasteiger partial charge is 0.335 e. The molecule has 2 amide bonds. The zero-order valence-electron chi connectivity index (χ0n) is 13.2. The molecule has 2 saturated carbocycles. The van der Waals surface area contributed by atoms with Crippen LogP contribution in [0.15, 0.2) is 36.4 Å². The van der Waals surface area contributed by atoms with Gasteiger partial charge in [0.15, 0.2) is 0 Å². The summed E-state index contributed by atoms with van der Waals surface area (Å²) in [6.07, 6.45) is 6.45. The Hall–Kier alpha value is -2.43. The maximum atomic E-state index is 13.2. The molecule has 122 valence electrons. The number of aromatic carboxylic acids is 1. The summed E-state index contributed by atoms with van der Waals surface area (Å²) in [6, 6.07) is 6.08. The van der Waals surface area contributed by atoms with Crippen LogP contribution < -0.4 is 4.90 Å². The van der Waals surface area contributed by atoms with E-state index < -0.39 is 11.4 Å². The van der Waals surface area contributed by atoms with E-state index in [0.717, 1.165) is 12.8 Å². The molecule has 1 heterocycles. The fourth-order valence-corrected chi connectivity index (χ4v) is 5.60. The zero-order chi connectivity index (χ0) is 16.9. The minimum atomic E-state index is -1.07. The summed E-state index contributed by atoms with van der Waals surface area (Å²) in [5.41, 5.74) is -0.105. The Labute approximate surface area is 139 Å². The number of rotatable bonds is 2.